The molecule has 0 bridgehead atoms. The Hall–Kier alpha value is -0.540. The van der Waals surface area contributed by atoms with Crippen molar-refractivity contribution in [3.63, 3.8) is 0 Å². The minimum atomic E-state index is -1.45. The zero-order valence-corrected chi connectivity index (χ0v) is 22.8. The van der Waals surface area contributed by atoms with Crippen LogP contribution < -0.4 is 0 Å². The topological polar surface area (TPSA) is 142 Å². The summed E-state index contributed by atoms with van der Waals surface area (Å²) in [5.41, 5.74) is -5.05. The van der Waals surface area contributed by atoms with Crippen LogP contribution in [0.5, 0.6) is 0 Å². The van der Waals surface area contributed by atoms with Gasteiger partial charge in [-0.15, -0.1) is 0 Å². The summed E-state index contributed by atoms with van der Waals surface area (Å²) in [6.07, 6.45) is 5.45. The number of hydrogen-bond donors (Lipinski definition) is 7. The first kappa shape index (κ1) is 28.5. The van der Waals surface area contributed by atoms with Gasteiger partial charge in [0.05, 0.1) is 41.7 Å². The lowest BCUT2D eigenvalue weighted by molar-refractivity contribution is -0.315. The van der Waals surface area contributed by atoms with Crippen molar-refractivity contribution in [2.75, 3.05) is 6.61 Å². The van der Waals surface area contributed by atoms with E-state index in [-0.39, 0.29) is 48.5 Å². The van der Waals surface area contributed by atoms with E-state index in [4.69, 9.17) is 0 Å². The maximum atomic E-state index is 12.4. The van der Waals surface area contributed by atoms with E-state index in [2.05, 4.69) is 19.9 Å². The molecule has 0 spiro atoms. The molecule has 0 radical (unpaired) electrons. The van der Waals surface area contributed by atoms with Gasteiger partial charge in [0.2, 0.25) is 0 Å². The largest absolute Gasteiger partial charge is 0.393 e. The number of aliphatic hydroxyl groups excluding tert-OH is 4. The first-order valence-corrected chi connectivity index (χ1v) is 14.1. The van der Waals surface area contributed by atoms with Crippen molar-refractivity contribution in [1.82, 2.24) is 0 Å². The fourth-order valence-electron chi connectivity index (χ4n) is 9.65. The zero-order chi connectivity index (χ0) is 26.9. The molecule has 0 saturated heterocycles. The molecule has 208 valence electrons. The normalized spacial score (nSPS) is 52.2. The average Bonchev–Trinajstić information content (AvgIpc) is 3.07. The molecule has 0 aromatic carbocycles. The van der Waals surface area contributed by atoms with E-state index in [0.717, 1.165) is 6.42 Å². The smallest absolute Gasteiger partial charge is 0.0987 e. The summed E-state index contributed by atoms with van der Waals surface area (Å²) in [6.45, 7) is 9.56. The summed E-state index contributed by atoms with van der Waals surface area (Å²) in [4.78, 5) is 0. The van der Waals surface area contributed by atoms with E-state index < -0.39 is 46.4 Å². The predicted octanol–water partition coefficient (Wildman–Crippen LogP) is 2.14. The highest BCUT2D eigenvalue weighted by molar-refractivity contribution is 5.24. The van der Waals surface area contributed by atoms with E-state index in [0.29, 0.717) is 32.1 Å². The van der Waals surface area contributed by atoms with Gasteiger partial charge in [-0.25, -0.2) is 0 Å². The SMILES string of the molecule is CCC(C=C[C@@H](C)[C@H]1CC(O)[C@@H]2[C@]1(C)CC[C@H]1[C@@]2(O)CC(O)C2(O)CC(O)CC[C@]12C)C(C)(O)CO. The monoisotopic (exact) mass is 510 g/mol. The molecule has 7 N–H and O–H groups in total. The van der Waals surface area contributed by atoms with Gasteiger partial charge < -0.3 is 35.7 Å². The van der Waals surface area contributed by atoms with Gasteiger partial charge in [0.25, 0.3) is 0 Å². The molecular formula is C29H50O7. The average molecular weight is 511 g/mol. The van der Waals surface area contributed by atoms with Crippen molar-refractivity contribution in [2.24, 2.45) is 40.4 Å². The van der Waals surface area contributed by atoms with Gasteiger partial charge in [0.1, 0.15) is 0 Å². The molecule has 0 amide bonds. The Labute approximate surface area is 216 Å². The molecule has 4 aliphatic rings. The Morgan fingerprint density at radius 1 is 1.03 bits per heavy atom. The summed E-state index contributed by atoms with van der Waals surface area (Å²) in [5.74, 6) is -0.687. The van der Waals surface area contributed by atoms with Crippen LogP contribution in [0.15, 0.2) is 12.2 Å². The lowest BCUT2D eigenvalue weighted by Gasteiger charge is -2.68. The molecule has 4 rings (SSSR count). The molecule has 36 heavy (non-hydrogen) atoms. The molecule has 4 fully saturated rings. The summed E-state index contributed by atoms with van der Waals surface area (Å²) in [5, 5.41) is 77.1. The van der Waals surface area contributed by atoms with Crippen LogP contribution in [0.2, 0.25) is 0 Å². The van der Waals surface area contributed by atoms with Crippen molar-refractivity contribution in [1.29, 1.82) is 0 Å². The van der Waals surface area contributed by atoms with Crippen molar-refractivity contribution in [2.45, 2.75) is 121 Å². The first-order chi connectivity index (χ1) is 16.6. The number of aliphatic hydroxyl groups is 7. The standard InChI is InChI=1S/C29H50O7/c1-6-18(27(5,34)16-30)8-7-17(2)20-13-21(32)24-25(20,3)11-10-22-26(4)12-9-19(31)14-29(26,36)23(33)15-28(22,24)35/h7-8,17-24,30-36H,6,9-16H2,1-5H3/t17-,18?,19?,20-,21?,22-,23?,24-,25-,26-,27?,28+,29?/m1/s1. The van der Waals surface area contributed by atoms with Crippen LogP contribution in [-0.4, -0.2) is 77.5 Å². The highest BCUT2D eigenvalue weighted by Gasteiger charge is 2.74. The van der Waals surface area contributed by atoms with Crippen molar-refractivity contribution < 1.29 is 35.7 Å². The van der Waals surface area contributed by atoms with Gasteiger partial charge in [0.15, 0.2) is 0 Å². The van der Waals surface area contributed by atoms with Crippen molar-refractivity contribution in [3.05, 3.63) is 12.2 Å². The highest BCUT2D eigenvalue weighted by Crippen LogP contribution is 2.70. The quantitative estimate of drug-likeness (QED) is 0.272. The fraction of sp³-hybridized carbons (Fsp3) is 0.931. The fourth-order valence-corrected chi connectivity index (χ4v) is 9.65. The number of rotatable bonds is 6. The third kappa shape index (κ3) is 3.95. The molecule has 13 atom stereocenters. The molecule has 4 aliphatic carbocycles. The second-order valence-electron chi connectivity index (χ2n) is 13.7. The van der Waals surface area contributed by atoms with Gasteiger partial charge in [-0.1, -0.05) is 39.8 Å². The highest BCUT2D eigenvalue weighted by atomic mass is 16.4. The minimum absolute atomic E-state index is 0.00199. The second kappa shape index (κ2) is 9.29. The van der Waals surface area contributed by atoms with Crippen molar-refractivity contribution in [3.8, 4) is 0 Å². The van der Waals surface area contributed by atoms with Crippen LogP contribution >= 0.6 is 0 Å². The molecule has 0 heterocycles. The molecule has 0 aliphatic heterocycles. The second-order valence-corrected chi connectivity index (χ2v) is 13.7. The Bertz CT molecular complexity index is 845. The maximum Gasteiger partial charge on any atom is 0.0987 e. The Morgan fingerprint density at radius 3 is 2.31 bits per heavy atom. The van der Waals surface area contributed by atoms with Crippen LogP contribution in [0, 0.1) is 40.4 Å². The van der Waals surface area contributed by atoms with Gasteiger partial charge >= 0.3 is 0 Å². The summed E-state index contributed by atoms with van der Waals surface area (Å²) in [6, 6.07) is 0. The Balaban J connectivity index is 1.64. The van der Waals surface area contributed by atoms with Gasteiger partial charge in [-0.3, -0.25) is 0 Å². The summed E-state index contributed by atoms with van der Waals surface area (Å²) < 4.78 is 0. The number of allylic oxidation sites excluding steroid dienone is 1. The minimum Gasteiger partial charge on any atom is -0.393 e. The Kier molecular flexibility index (Phi) is 7.34. The molecule has 4 saturated carbocycles. The van der Waals surface area contributed by atoms with E-state index in [1.807, 2.05) is 19.9 Å². The molecule has 7 nitrogen and oxygen atoms in total. The lowest BCUT2D eigenvalue weighted by Crippen LogP contribution is -2.75. The van der Waals surface area contributed by atoms with Gasteiger partial charge in [0, 0.05) is 30.1 Å². The third-order valence-electron chi connectivity index (χ3n) is 11.8. The van der Waals surface area contributed by atoms with Crippen LogP contribution in [0.4, 0.5) is 0 Å². The van der Waals surface area contributed by atoms with Crippen molar-refractivity contribution >= 4 is 0 Å². The van der Waals surface area contributed by atoms with Crippen LogP contribution in [0.25, 0.3) is 0 Å². The first-order valence-electron chi connectivity index (χ1n) is 14.1. The van der Waals surface area contributed by atoms with E-state index in [1.165, 1.54) is 0 Å². The molecule has 0 aromatic heterocycles. The third-order valence-corrected chi connectivity index (χ3v) is 11.8. The van der Waals surface area contributed by atoms with E-state index in [9.17, 15) is 35.7 Å². The summed E-state index contributed by atoms with van der Waals surface area (Å²) in [7, 11) is 0. The van der Waals surface area contributed by atoms with Crippen LogP contribution in [0.3, 0.4) is 0 Å². The predicted molar refractivity (Wildman–Crippen MR) is 137 cm³/mol. The van der Waals surface area contributed by atoms with Gasteiger partial charge in [-0.2, -0.15) is 0 Å². The molecular weight excluding hydrogens is 460 g/mol. The Morgan fingerprint density at radius 2 is 1.69 bits per heavy atom. The lowest BCUT2D eigenvalue weighted by atomic mass is 9.40. The summed E-state index contributed by atoms with van der Waals surface area (Å²) >= 11 is 0. The zero-order valence-electron chi connectivity index (χ0n) is 22.8. The number of hydrogen-bond acceptors (Lipinski definition) is 7. The molecule has 7 heteroatoms. The maximum absolute atomic E-state index is 12.4. The number of fused-ring (bicyclic) bond motifs is 5. The van der Waals surface area contributed by atoms with Crippen LogP contribution in [-0.2, 0) is 0 Å². The van der Waals surface area contributed by atoms with Crippen LogP contribution in [0.1, 0.15) is 86.0 Å². The molecule has 6 unspecified atom stereocenters. The molecule has 0 aromatic rings. The van der Waals surface area contributed by atoms with Gasteiger partial charge in [-0.05, 0) is 68.6 Å². The van der Waals surface area contributed by atoms with E-state index in [1.54, 1.807) is 6.92 Å². The van der Waals surface area contributed by atoms with E-state index >= 15 is 0 Å².